The lowest BCUT2D eigenvalue weighted by molar-refractivity contribution is -0.0432. The van der Waals surface area contributed by atoms with E-state index in [1.807, 2.05) is 18.2 Å². The summed E-state index contributed by atoms with van der Waals surface area (Å²) >= 11 is 1.61. The first kappa shape index (κ1) is 16.5. The van der Waals surface area contributed by atoms with Gasteiger partial charge in [-0.3, -0.25) is 4.57 Å². The minimum atomic E-state index is -0.693. The molecule has 3 atom stereocenters. The number of rotatable bonds is 5. The molecule has 0 saturated carbocycles. The van der Waals surface area contributed by atoms with Crippen molar-refractivity contribution in [3.05, 3.63) is 48.5 Å². The van der Waals surface area contributed by atoms with Crippen LogP contribution in [-0.4, -0.2) is 48.5 Å². The van der Waals surface area contributed by atoms with Crippen LogP contribution in [0.1, 0.15) is 18.2 Å². The van der Waals surface area contributed by atoms with Crippen LogP contribution >= 0.6 is 11.8 Å². The number of aliphatic hydroxyl groups excluding tert-OH is 2. The molecule has 1 saturated heterocycles. The third kappa shape index (κ3) is 3.25. The molecule has 130 valence electrons. The van der Waals surface area contributed by atoms with Crippen molar-refractivity contribution in [1.82, 2.24) is 19.5 Å². The van der Waals surface area contributed by atoms with Gasteiger partial charge in [-0.2, -0.15) is 0 Å². The number of hydrogen-bond donors (Lipinski definition) is 2. The Bertz CT molecular complexity index is 857. The Morgan fingerprint density at radius 3 is 2.80 bits per heavy atom. The molecule has 1 fully saturated rings. The van der Waals surface area contributed by atoms with Gasteiger partial charge in [0.2, 0.25) is 0 Å². The molecule has 2 N–H and O–H groups in total. The number of imidazole rings is 1. The molecule has 1 aromatic carbocycles. The van der Waals surface area contributed by atoms with Gasteiger partial charge < -0.3 is 14.9 Å². The average molecular weight is 358 g/mol. The van der Waals surface area contributed by atoms with Gasteiger partial charge in [-0.1, -0.05) is 42.1 Å². The molecule has 8 heteroatoms. The van der Waals surface area contributed by atoms with Gasteiger partial charge in [0.25, 0.3) is 0 Å². The Morgan fingerprint density at radius 1 is 1.20 bits per heavy atom. The summed E-state index contributed by atoms with van der Waals surface area (Å²) in [6.45, 7) is -0.211. The first-order valence-corrected chi connectivity index (χ1v) is 9.03. The molecule has 0 bridgehead atoms. The van der Waals surface area contributed by atoms with Gasteiger partial charge in [0.15, 0.2) is 5.65 Å². The van der Waals surface area contributed by atoms with Crippen LogP contribution in [0.4, 0.5) is 0 Å². The standard InChI is InChI=1S/C17H18N4O3S/c22-7-13-12(23)6-14(24-13)21-10-20-15-16(21)18-9-19-17(15)25-8-11-4-2-1-3-5-11/h1-5,9-10,12-14,22-23H,6-8H2. The van der Waals surface area contributed by atoms with Crippen molar-refractivity contribution < 1.29 is 14.9 Å². The van der Waals surface area contributed by atoms with Gasteiger partial charge in [0.05, 0.1) is 19.0 Å². The van der Waals surface area contributed by atoms with Crippen LogP contribution in [0.2, 0.25) is 0 Å². The third-order valence-electron chi connectivity index (χ3n) is 4.24. The predicted octanol–water partition coefficient (Wildman–Crippen LogP) is 1.76. The summed E-state index contributed by atoms with van der Waals surface area (Å²) in [6.07, 6.45) is 1.91. The van der Waals surface area contributed by atoms with Crippen LogP contribution in [-0.2, 0) is 10.5 Å². The third-order valence-corrected chi connectivity index (χ3v) is 5.29. The van der Waals surface area contributed by atoms with Crippen LogP contribution in [0, 0.1) is 0 Å². The number of ether oxygens (including phenoxy) is 1. The highest BCUT2D eigenvalue weighted by Gasteiger charge is 2.35. The van der Waals surface area contributed by atoms with E-state index in [-0.39, 0.29) is 12.8 Å². The van der Waals surface area contributed by atoms with E-state index in [9.17, 15) is 10.2 Å². The van der Waals surface area contributed by atoms with E-state index in [2.05, 4.69) is 27.1 Å². The van der Waals surface area contributed by atoms with Gasteiger partial charge in [-0.15, -0.1) is 0 Å². The maximum Gasteiger partial charge on any atom is 0.166 e. The van der Waals surface area contributed by atoms with Crippen LogP contribution < -0.4 is 0 Å². The van der Waals surface area contributed by atoms with Crippen molar-refractivity contribution in [2.24, 2.45) is 0 Å². The summed E-state index contributed by atoms with van der Waals surface area (Å²) in [5, 5.41) is 20.0. The SMILES string of the molecule is OCC1OC(n2cnc3c(SCc4ccccc4)ncnc32)CC1O. The van der Waals surface area contributed by atoms with Crippen LogP contribution in [0.5, 0.6) is 0 Å². The van der Waals surface area contributed by atoms with Crippen molar-refractivity contribution in [3.8, 4) is 0 Å². The number of benzene rings is 1. The van der Waals surface area contributed by atoms with Crippen LogP contribution in [0.15, 0.2) is 48.0 Å². The van der Waals surface area contributed by atoms with Crippen LogP contribution in [0.3, 0.4) is 0 Å². The fraction of sp³-hybridized carbons (Fsp3) is 0.353. The lowest BCUT2D eigenvalue weighted by Gasteiger charge is -2.13. The maximum atomic E-state index is 9.94. The maximum absolute atomic E-state index is 9.94. The highest BCUT2D eigenvalue weighted by atomic mass is 32.2. The van der Waals surface area contributed by atoms with E-state index in [0.717, 1.165) is 10.8 Å². The number of aromatic nitrogens is 4. The second kappa shape index (κ2) is 7.09. The lowest BCUT2D eigenvalue weighted by atomic mass is 10.2. The minimum absolute atomic E-state index is 0.211. The smallest absolute Gasteiger partial charge is 0.166 e. The minimum Gasteiger partial charge on any atom is -0.394 e. The van der Waals surface area contributed by atoms with Crippen LogP contribution in [0.25, 0.3) is 11.2 Å². The second-order valence-electron chi connectivity index (χ2n) is 5.89. The average Bonchev–Trinajstić information content (AvgIpc) is 3.24. The van der Waals surface area contributed by atoms with Crippen molar-refractivity contribution in [3.63, 3.8) is 0 Å². The summed E-state index contributed by atoms with van der Waals surface area (Å²) in [5.74, 6) is 0.797. The summed E-state index contributed by atoms with van der Waals surface area (Å²) in [5.41, 5.74) is 2.60. The second-order valence-corrected chi connectivity index (χ2v) is 6.86. The number of fused-ring (bicyclic) bond motifs is 1. The topological polar surface area (TPSA) is 93.3 Å². The van der Waals surface area contributed by atoms with E-state index in [4.69, 9.17) is 4.74 Å². The lowest BCUT2D eigenvalue weighted by Crippen LogP contribution is -2.24. The number of thioether (sulfide) groups is 1. The molecule has 0 spiro atoms. The Labute approximate surface area is 148 Å². The van der Waals surface area contributed by atoms with Crippen molar-refractivity contribution in [2.45, 2.75) is 35.6 Å². The Balaban J connectivity index is 1.58. The van der Waals surface area contributed by atoms with Crippen molar-refractivity contribution >= 4 is 22.9 Å². The molecule has 0 radical (unpaired) electrons. The van der Waals surface area contributed by atoms with Gasteiger partial charge in [-0.25, -0.2) is 15.0 Å². The highest BCUT2D eigenvalue weighted by Crippen LogP contribution is 2.32. The van der Waals surface area contributed by atoms with Crippen molar-refractivity contribution in [2.75, 3.05) is 6.61 Å². The van der Waals surface area contributed by atoms with E-state index in [1.54, 1.807) is 22.7 Å². The zero-order valence-electron chi connectivity index (χ0n) is 13.4. The van der Waals surface area contributed by atoms with Gasteiger partial charge >= 0.3 is 0 Å². The first-order valence-electron chi connectivity index (χ1n) is 8.05. The number of nitrogens with zero attached hydrogens (tertiary/aromatic N) is 4. The zero-order valence-corrected chi connectivity index (χ0v) is 14.2. The van der Waals surface area contributed by atoms with Gasteiger partial charge in [0.1, 0.15) is 29.2 Å². The first-order chi connectivity index (χ1) is 12.3. The number of aliphatic hydroxyl groups is 2. The Hall–Kier alpha value is -2.00. The van der Waals surface area contributed by atoms with E-state index in [0.29, 0.717) is 17.6 Å². The molecular formula is C17H18N4O3S. The molecule has 4 rings (SSSR count). The van der Waals surface area contributed by atoms with E-state index >= 15 is 0 Å². The molecule has 2 aromatic heterocycles. The van der Waals surface area contributed by atoms with E-state index in [1.165, 1.54) is 11.9 Å². The predicted molar refractivity (Wildman–Crippen MR) is 92.9 cm³/mol. The monoisotopic (exact) mass is 358 g/mol. The largest absolute Gasteiger partial charge is 0.394 e. The zero-order chi connectivity index (χ0) is 17.2. The van der Waals surface area contributed by atoms with Gasteiger partial charge in [-0.05, 0) is 5.56 Å². The van der Waals surface area contributed by atoms with Crippen molar-refractivity contribution in [1.29, 1.82) is 0 Å². The molecular weight excluding hydrogens is 340 g/mol. The molecule has 0 amide bonds. The van der Waals surface area contributed by atoms with E-state index < -0.39 is 12.2 Å². The van der Waals surface area contributed by atoms with Gasteiger partial charge in [0, 0.05) is 12.2 Å². The molecule has 1 aliphatic heterocycles. The summed E-state index contributed by atoms with van der Waals surface area (Å²) < 4.78 is 7.49. The number of hydrogen-bond acceptors (Lipinski definition) is 7. The molecule has 25 heavy (non-hydrogen) atoms. The fourth-order valence-corrected chi connectivity index (χ4v) is 3.82. The summed E-state index contributed by atoms with van der Waals surface area (Å²) in [7, 11) is 0. The quantitative estimate of drug-likeness (QED) is 0.530. The molecule has 0 aliphatic carbocycles. The summed E-state index contributed by atoms with van der Waals surface area (Å²) in [4.78, 5) is 13.1. The molecule has 3 heterocycles. The molecule has 3 unspecified atom stereocenters. The Kier molecular flexibility index (Phi) is 4.67. The summed E-state index contributed by atoms with van der Waals surface area (Å²) in [6, 6.07) is 10.2. The normalized spacial score (nSPS) is 23.4. The Morgan fingerprint density at radius 2 is 2.04 bits per heavy atom. The molecule has 1 aliphatic rings. The highest BCUT2D eigenvalue weighted by molar-refractivity contribution is 7.98. The molecule has 7 nitrogen and oxygen atoms in total. The fourth-order valence-electron chi connectivity index (χ4n) is 2.92. The molecule has 3 aromatic rings.